The largest absolute Gasteiger partial charge is 0.405 e. The molecule has 2 heterocycles. The molecular formula is C18H14F4N4O2. The van der Waals surface area contributed by atoms with Gasteiger partial charge in [0.15, 0.2) is 5.69 Å². The van der Waals surface area contributed by atoms with E-state index < -0.39 is 18.6 Å². The molecule has 1 amide bonds. The summed E-state index contributed by atoms with van der Waals surface area (Å²) in [6.45, 7) is 0.257. The van der Waals surface area contributed by atoms with Gasteiger partial charge in [-0.05, 0) is 49.4 Å². The van der Waals surface area contributed by atoms with Crippen LogP contribution in [-0.4, -0.2) is 34.0 Å². The van der Waals surface area contributed by atoms with Crippen LogP contribution in [0.5, 0.6) is 0 Å². The number of alkyl halides is 3. The second kappa shape index (κ2) is 7.67. The zero-order valence-corrected chi connectivity index (χ0v) is 14.5. The third-order valence-electron chi connectivity index (χ3n) is 3.74. The van der Waals surface area contributed by atoms with Crippen molar-refractivity contribution in [2.45, 2.75) is 13.1 Å². The summed E-state index contributed by atoms with van der Waals surface area (Å²) in [5.74, 6) is -0.811. The van der Waals surface area contributed by atoms with Gasteiger partial charge in [-0.25, -0.2) is 4.39 Å². The fraction of sp³-hybridized carbons (Fsp3) is 0.167. The maximum Gasteiger partial charge on any atom is 0.405 e. The molecule has 2 aromatic heterocycles. The Bertz CT molecular complexity index is 1000. The highest BCUT2D eigenvalue weighted by Gasteiger charge is 2.28. The van der Waals surface area contributed by atoms with Gasteiger partial charge in [0.05, 0.1) is 5.69 Å². The third-order valence-corrected chi connectivity index (χ3v) is 3.74. The van der Waals surface area contributed by atoms with Gasteiger partial charge in [0, 0.05) is 11.1 Å². The molecule has 6 nitrogen and oxygen atoms in total. The molecule has 0 bridgehead atoms. The van der Waals surface area contributed by atoms with E-state index >= 15 is 0 Å². The van der Waals surface area contributed by atoms with Crippen LogP contribution in [0.2, 0.25) is 0 Å². The molecule has 0 saturated carbocycles. The quantitative estimate of drug-likeness (QED) is 0.642. The smallest absolute Gasteiger partial charge is 0.360 e. The maximum absolute atomic E-state index is 13.1. The van der Waals surface area contributed by atoms with Gasteiger partial charge in [-0.2, -0.15) is 18.3 Å². The first kappa shape index (κ1) is 19.3. The molecule has 0 radical (unpaired) electrons. The fourth-order valence-corrected chi connectivity index (χ4v) is 2.37. The number of aromatic nitrogens is 3. The van der Waals surface area contributed by atoms with Crippen LogP contribution >= 0.6 is 0 Å². The van der Waals surface area contributed by atoms with Gasteiger partial charge >= 0.3 is 6.18 Å². The van der Waals surface area contributed by atoms with Crippen LogP contribution in [0.4, 0.5) is 17.6 Å². The minimum absolute atomic E-state index is 0.176. The molecule has 0 fully saturated rings. The number of halogens is 4. The molecule has 0 aliphatic rings. The lowest BCUT2D eigenvalue weighted by molar-refractivity contribution is -0.123. The minimum Gasteiger partial charge on any atom is -0.360 e. The molecule has 1 aromatic carbocycles. The summed E-state index contributed by atoms with van der Waals surface area (Å²) in [7, 11) is 0. The second-order valence-electron chi connectivity index (χ2n) is 5.85. The molecule has 3 aromatic rings. The number of aryl methyl sites for hydroxylation is 1. The molecular weight excluding hydrogens is 380 g/mol. The lowest BCUT2D eigenvalue weighted by atomic mass is 10.1. The highest BCUT2D eigenvalue weighted by molar-refractivity contribution is 5.93. The first-order valence-electron chi connectivity index (χ1n) is 8.03. The molecule has 146 valence electrons. The Hall–Kier alpha value is -3.43. The van der Waals surface area contributed by atoms with Crippen molar-refractivity contribution < 1.29 is 26.9 Å². The predicted molar refractivity (Wildman–Crippen MR) is 92.5 cm³/mol. The normalized spacial score (nSPS) is 11.9. The summed E-state index contributed by atoms with van der Waals surface area (Å²) in [6, 6.07) is 7.02. The molecule has 0 aliphatic carbocycles. The van der Waals surface area contributed by atoms with Crippen LogP contribution < -0.4 is 5.32 Å². The first-order valence-corrected chi connectivity index (χ1v) is 8.03. The highest BCUT2D eigenvalue weighted by Crippen LogP contribution is 2.27. The van der Waals surface area contributed by atoms with Gasteiger partial charge in [-0.1, -0.05) is 5.16 Å². The Kier molecular flexibility index (Phi) is 5.30. The van der Waals surface area contributed by atoms with E-state index in [9.17, 15) is 22.4 Å². The highest BCUT2D eigenvalue weighted by atomic mass is 19.4. The molecule has 0 spiro atoms. The molecule has 28 heavy (non-hydrogen) atoms. The van der Waals surface area contributed by atoms with E-state index in [1.165, 1.54) is 18.2 Å². The van der Waals surface area contributed by atoms with Crippen molar-refractivity contribution in [1.29, 1.82) is 0 Å². The number of nitrogens with zero attached hydrogens (tertiary/aromatic N) is 2. The molecule has 3 rings (SSSR count). The SMILES string of the molecule is Cc1onc(-c2ccc(F)cc2)c1C=Cc1cc(C(=O)NCC(F)(F)F)n[nH]1. The van der Waals surface area contributed by atoms with Crippen LogP contribution in [0.1, 0.15) is 27.5 Å². The van der Waals surface area contributed by atoms with E-state index in [2.05, 4.69) is 15.4 Å². The number of aromatic amines is 1. The zero-order chi connectivity index (χ0) is 20.3. The van der Waals surface area contributed by atoms with Crippen LogP contribution in [0.15, 0.2) is 34.9 Å². The Balaban J connectivity index is 1.77. The number of H-pyrrole nitrogens is 1. The Morgan fingerprint density at radius 1 is 1.25 bits per heavy atom. The van der Waals surface area contributed by atoms with E-state index in [4.69, 9.17) is 4.52 Å². The van der Waals surface area contributed by atoms with E-state index in [0.717, 1.165) is 0 Å². The summed E-state index contributed by atoms with van der Waals surface area (Å²) in [6.07, 6.45) is -1.28. The number of benzene rings is 1. The van der Waals surface area contributed by atoms with Crippen molar-refractivity contribution in [1.82, 2.24) is 20.7 Å². The van der Waals surface area contributed by atoms with Crippen molar-refractivity contribution in [2.24, 2.45) is 0 Å². The van der Waals surface area contributed by atoms with Crippen LogP contribution in [-0.2, 0) is 0 Å². The summed E-state index contributed by atoms with van der Waals surface area (Å²) < 4.78 is 54.8. The molecule has 0 atom stereocenters. The van der Waals surface area contributed by atoms with Gasteiger partial charge in [0.25, 0.3) is 5.91 Å². The first-order chi connectivity index (χ1) is 13.2. The van der Waals surface area contributed by atoms with E-state index in [1.54, 1.807) is 36.5 Å². The third kappa shape index (κ3) is 4.64. The maximum atomic E-state index is 13.1. The number of hydrogen-bond acceptors (Lipinski definition) is 4. The number of amides is 1. The lowest BCUT2D eigenvalue weighted by Gasteiger charge is -2.06. The molecule has 10 heteroatoms. The number of carbonyl (C=O) groups is 1. The zero-order valence-electron chi connectivity index (χ0n) is 14.5. The number of rotatable bonds is 5. The average Bonchev–Trinajstić information content (AvgIpc) is 3.25. The van der Waals surface area contributed by atoms with Gasteiger partial charge in [-0.15, -0.1) is 0 Å². The van der Waals surface area contributed by atoms with Crippen molar-refractivity contribution in [3.05, 3.63) is 58.9 Å². The van der Waals surface area contributed by atoms with Crippen molar-refractivity contribution >= 4 is 18.1 Å². The van der Waals surface area contributed by atoms with Crippen molar-refractivity contribution in [3.63, 3.8) is 0 Å². The van der Waals surface area contributed by atoms with Gasteiger partial charge in [-0.3, -0.25) is 9.89 Å². The molecule has 0 saturated heterocycles. The summed E-state index contributed by atoms with van der Waals surface area (Å²) >= 11 is 0. The molecule has 0 unspecified atom stereocenters. The van der Waals surface area contributed by atoms with Crippen LogP contribution in [0.3, 0.4) is 0 Å². The van der Waals surface area contributed by atoms with Gasteiger partial charge in [0.1, 0.15) is 23.8 Å². The van der Waals surface area contributed by atoms with Crippen molar-refractivity contribution in [3.8, 4) is 11.3 Å². The predicted octanol–water partition coefficient (Wildman–Crippen LogP) is 3.97. The van der Waals surface area contributed by atoms with Crippen LogP contribution in [0.25, 0.3) is 23.4 Å². The van der Waals surface area contributed by atoms with E-state index in [0.29, 0.717) is 28.3 Å². The lowest BCUT2D eigenvalue weighted by Crippen LogP contribution is -2.33. The van der Waals surface area contributed by atoms with Gasteiger partial charge < -0.3 is 9.84 Å². The fourth-order valence-electron chi connectivity index (χ4n) is 2.37. The van der Waals surface area contributed by atoms with Crippen LogP contribution in [0, 0.1) is 12.7 Å². The summed E-state index contributed by atoms with van der Waals surface area (Å²) in [5, 5.41) is 11.9. The Morgan fingerprint density at radius 2 is 1.96 bits per heavy atom. The monoisotopic (exact) mass is 394 g/mol. The van der Waals surface area contributed by atoms with E-state index in [-0.39, 0.29) is 11.5 Å². The molecule has 0 aliphatic heterocycles. The Morgan fingerprint density at radius 3 is 2.64 bits per heavy atom. The second-order valence-corrected chi connectivity index (χ2v) is 5.85. The standard InChI is InChI=1S/C18H14F4N4O2/c1-10-14(16(26-28-10)11-2-4-12(19)5-3-11)7-6-13-8-15(25-24-13)17(27)23-9-18(20,21)22/h2-8H,9H2,1H3,(H,23,27)(H,24,25). The minimum atomic E-state index is -4.50. The summed E-state index contributed by atoms with van der Waals surface area (Å²) in [5.41, 5.74) is 1.99. The topological polar surface area (TPSA) is 83.8 Å². The molecule has 2 N–H and O–H groups in total. The van der Waals surface area contributed by atoms with Crippen molar-refractivity contribution in [2.75, 3.05) is 6.54 Å². The Labute approximate surface area is 156 Å². The van der Waals surface area contributed by atoms with Gasteiger partial charge in [0.2, 0.25) is 0 Å². The van der Waals surface area contributed by atoms with E-state index in [1.807, 2.05) is 0 Å². The summed E-state index contributed by atoms with van der Waals surface area (Å²) in [4.78, 5) is 11.7. The number of carbonyl (C=O) groups excluding carboxylic acids is 1. The number of nitrogens with one attached hydrogen (secondary N) is 2. The number of hydrogen-bond donors (Lipinski definition) is 2. The average molecular weight is 394 g/mol.